The van der Waals surface area contributed by atoms with Crippen molar-refractivity contribution in [3.63, 3.8) is 0 Å². The van der Waals surface area contributed by atoms with Crippen LogP contribution in [-0.4, -0.2) is 39.2 Å². The third-order valence-corrected chi connectivity index (χ3v) is 6.54. The number of hydrogen-bond acceptors (Lipinski definition) is 6. The zero-order valence-corrected chi connectivity index (χ0v) is 18.6. The molecule has 1 heterocycles. The topological polar surface area (TPSA) is 82.0 Å². The number of rotatable bonds is 6. The van der Waals surface area contributed by atoms with Gasteiger partial charge in [-0.3, -0.25) is 0 Å². The van der Waals surface area contributed by atoms with Crippen molar-refractivity contribution in [2.24, 2.45) is 4.99 Å². The lowest BCUT2D eigenvalue weighted by Gasteiger charge is -2.29. The molecule has 0 unspecified atom stereocenters. The summed E-state index contributed by atoms with van der Waals surface area (Å²) in [4.78, 5) is 18.2. The van der Waals surface area contributed by atoms with Crippen molar-refractivity contribution in [3.05, 3.63) is 102 Å². The average molecular weight is 450 g/mol. The van der Waals surface area contributed by atoms with Gasteiger partial charge in [0, 0.05) is 18.2 Å². The fourth-order valence-corrected chi connectivity index (χ4v) is 4.56. The Morgan fingerprint density at radius 3 is 2.28 bits per heavy atom. The molecule has 6 nitrogen and oxygen atoms in total. The smallest absolute Gasteiger partial charge is 0.338 e. The van der Waals surface area contributed by atoms with E-state index in [2.05, 4.69) is 0 Å². The van der Waals surface area contributed by atoms with Crippen LogP contribution in [0.5, 0.6) is 0 Å². The molecule has 0 spiro atoms. The van der Waals surface area contributed by atoms with Crippen molar-refractivity contribution in [2.45, 2.75) is 23.0 Å². The number of carbonyl (C=O) groups excluding carboxylic acids is 1. The maximum Gasteiger partial charge on any atom is 0.338 e. The lowest BCUT2D eigenvalue weighted by molar-refractivity contribution is -0.149. The number of hydrogen-bond donors (Lipinski definition) is 0. The number of sulfone groups is 1. The van der Waals surface area contributed by atoms with Crippen LogP contribution in [0.15, 0.2) is 94.8 Å². The second-order valence-corrected chi connectivity index (χ2v) is 9.72. The number of aliphatic imine (C=N–C) groups is 1. The van der Waals surface area contributed by atoms with Gasteiger partial charge in [-0.05, 0) is 35.4 Å². The van der Waals surface area contributed by atoms with Crippen molar-refractivity contribution in [3.8, 4) is 0 Å². The minimum atomic E-state index is -3.45. The van der Waals surface area contributed by atoms with Gasteiger partial charge in [-0.2, -0.15) is 0 Å². The summed E-state index contributed by atoms with van der Waals surface area (Å²) in [6.45, 7) is 0. The first kappa shape index (κ1) is 21.8. The molecule has 1 aliphatic rings. The Morgan fingerprint density at radius 2 is 1.66 bits per heavy atom. The van der Waals surface area contributed by atoms with E-state index in [1.165, 1.54) is 19.2 Å². The Bertz CT molecular complexity index is 1260. The summed E-state index contributed by atoms with van der Waals surface area (Å²) in [7, 11) is -2.14. The number of nitrogens with zero attached hydrogens (tertiary/aromatic N) is 1. The average Bonchev–Trinajstić information content (AvgIpc) is 3.20. The first-order valence-electron chi connectivity index (χ1n) is 10.1. The fraction of sp³-hybridized carbons (Fsp3) is 0.200. The molecule has 0 saturated heterocycles. The Morgan fingerprint density at radius 1 is 1.00 bits per heavy atom. The second-order valence-electron chi connectivity index (χ2n) is 7.70. The highest BCUT2D eigenvalue weighted by atomic mass is 32.2. The molecule has 7 heteroatoms. The molecule has 0 radical (unpaired) electrons. The summed E-state index contributed by atoms with van der Waals surface area (Å²) in [5.41, 5.74) is 0.709. The minimum absolute atomic E-state index is 0.144. The van der Waals surface area contributed by atoms with Crippen LogP contribution < -0.4 is 0 Å². The molecule has 0 amide bonds. The van der Waals surface area contributed by atoms with Gasteiger partial charge < -0.3 is 9.47 Å². The van der Waals surface area contributed by atoms with Gasteiger partial charge >= 0.3 is 5.97 Å². The maximum absolute atomic E-state index is 13.3. The van der Waals surface area contributed by atoms with Gasteiger partial charge in [0.05, 0.1) is 12.0 Å². The van der Waals surface area contributed by atoms with E-state index in [0.29, 0.717) is 11.5 Å². The monoisotopic (exact) mass is 449 g/mol. The molecule has 32 heavy (non-hydrogen) atoms. The first-order chi connectivity index (χ1) is 15.3. The van der Waals surface area contributed by atoms with Crippen LogP contribution in [0, 0.1) is 0 Å². The SMILES string of the molecule is COC(=O)[C@@]1(Cc2ccccc2)N=C(c2ccccc2)O[C@H]1c1cccc(S(C)(=O)=O)c1. The lowest BCUT2D eigenvalue weighted by atomic mass is 9.83. The zero-order valence-electron chi connectivity index (χ0n) is 17.8. The number of ether oxygens (including phenoxy) is 2. The molecule has 164 valence electrons. The van der Waals surface area contributed by atoms with Gasteiger partial charge in [-0.25, -0.2) is 18.2 Å². The second kappa shape index (κ2) is 8.59. The molecule has 2 atom stereocenters. The van der Waals surface area contributed by atoms with Crippen molar-refractivity contribution >= 4 is 21.7 Å². The van der Waals surface area contributed by atoms with E-state index in [-0.39, 0.29) is 11.3 Å². The molecule has 0 bridgehead atoms. The van der Waals surface area contributed by atoms with Crippen molar-refractivity contribution in [1.82, 2.24) is 0 Å². The van der Waals surface area contributed by atoms with E-state index in [1.54, 1.807) is 12.1 Å². The molecule has 3 aromatic carbocycles. The van der Waals surface area contributed by atoms with Crippen LogP contribution in [0.25, 0.3) is 0 Å². The highest BCUT2D eigenvalue weighted by molar-refractivity contribution is 7.90. The predicted molar refractivity (Wildman–Crippen MR) is 121 cm³/mol. The van der Waals surface area contributed by atoms with E-state index in [4.69, 9.17) is 14.5 Å². The lowest BCUT2D eigenvalue weighted by Crippen LogP contribution is -2.44. The summed E-state index contributed by atoms with van der Waals surface area (Å²) in [5, 5.41) is 0. The Balaban J connectivity index is 1.89. The minimum Gasteiger partial charge on any atom is -0.467 e. The van der Waals surface area contributed by atoms with Crippen LogP contribution >= 0.6 is 0 Å². The molecule has 0 aliphatic carbocycles. The first-order valence-corrected chi connectivity index (χ1v) is 12.0. The molecule has 0 aromatic heterocycles. The van der Waals surface area contributed by atoms with Crippen LogP contribution in [0.4, 0.5) is 0 Å². The third-order valence-electron chi connectivity index (χ3n) is 5.43. The van der Waals surface area contributed by atoms with Gasteiger partial charge in [-0.1, -0.05) is 60.7 Å². The van der Waals surface area contributed by atoms with E-state index in [9.17, 15) is 13.2 Å². The number of carbonyl (C=O) groups is 1. The summed E-state index contributed by atoms with van der Waals surface area (Å²) in [6, 6.07) is 25.2. The third kappa shape index (κ3) is 4.16. The van der Waals surface area contributed by atoms with Crippen molar-refractivity contribution in [1.29, 1.82) is 0 Å². The molecular weight excluding hydrogens is 426 g/mol. The van der Waals surface area contributed by atoms with Gasteiger partial charge in [0.2, 0.25) is 11.4 Å². The van der Waals surface area contributed by atoms with E-state index in [0.717, 1.165) is 17.4 Å². The van der Waals surface area contributed by atoms with E-state index in [1.807, 2.05) is 60.7 Å². The zero-order chi connectivity index (χ0) is 22.8. The predicted octanol–water partition coefficient (Wildman–Crippen LogP) is 3.76. The van der Waals surface area contributed by atoms with Crippen LogP contribution in [-0.2, 0) is 30.5 Å². The van der Waals surface area contributed by atoms with Crippen LogP contribution in [0.2, 0.25) is 0 Å². The molecule has 0 fully saturated rings. The summed E-state index contributed by atoms with van der Waals surface area (Å²) >= 11 is 0. The normalized spacial score (nSPS) is 20.3. The molecule has 1 aliphatic heterocycles. The van der Waals surface area contributed by atoms with Gasteiger partial charge in [-0.15, -0.1) is 0 Å². The molecular formula is C25H23NO5S. The van der Waals surface area contributed by atoms with Gasteiger partial charge in [0.15, 0.2) is 15.9 Å². The van der Waals surface area contributed by atoms with Gasteiger partial charge in [0.25, 0.3) is 0 Å². The fourth-order valence-electron chi connectivity index (χ4n) is 3.88. The Kier molecular flexibility index (Phi) is 5.84. The summed E-state index contributed by atoms with van der Waals surface area (Å²) in [5.74, 6) is -0.247. The Hall–Kier alpha value is -3.45. The Labute approximate surface area is 187 Å². The summed E-state index contributed by atoms with van der Waals surface area (Å²) in [6.07, 6.45) is 0.502. The highest BCUT2D eigenvalue weighted by Crippen LogP contribution is 2.43. The van der Waals surface area contributed by atoms with E-state index < -0.39 is 27.4 Å². The molecule has 3 aromatic rings. The molecule has 4 rings (SSSR count). The van der Waals surface area contributed by atoms with Crippen LogP contribution in [0.1, 0.15) is 22.8 Å². The number of esters is 1. The summed E-state index contributed by atoms with van der Waals surface area (Å²) < 4.78 is 35.8. The standard InChI is InChI=1S/C25H23NO5S/c1-30-24(27)25(17-18-10-5-3-6-11-18)22(20-14-9-15-21(16-20)32(2,28)29)31-23(26-25)19-12-7-4-8-13-19/h3-16,22H,17H2,1-2H3/t22-,25-/m0/s1. The number of methoxy groups -OCH3 is 1. The molecule has 0 N–H and O–H groups in total. The number of benzene rings is 3. The van der Waals surface area contributed by atoms with E-state index >= 15 is 0 Å². The maximum atomic E-state index is 13.3. The highest BCUT2D eigenvalue weighted by Gasteiger charge is 2.54. The van der Waals surface area contributed by atoms with Crippen molar-refractivity contribution in [2.75, 3.05) is 13.4 Å². The largest absolute Gasteiger partial charge is 0.467 e. The quantitative estimate of drug-likeness (QED) is 0.535. The van der Waals surface area contributed by atoms with Crippen LogP contribution in [0.3, 0.4) is 0 Å². The van der Waals surface area contributed by atoms with Gasteiger partial charge in [0.1, 0.15) is 0 Å². The molecule has 0 saturated carbocycles. The van der Waals surface area contributed by atoms with Crippen molar-refractivity contribution < 1.29 is 22.7 Å².